The largest absolute Gasteiger partial charge is 0.352 e. The predicted molar refractivity (Wildman–Crippen MR) is 86.9 cm³/mol. The van der Waals surface area contributed by atoms with Crippen LogP contribution in [-0.2, 0) is 17.8 Å². The summed E-state index contributed by atoms with van der Waals surface area (Å²) in [6.45, 7) is 2.57. The highest BCUT2D eigenvalue weighted by molar-refractivity contribution is 6.30. The van der Waals surface area contributed by atoms with Crippen molar-refractivity contribution in [2.45, 2.75) is 19.9 Å². The molecule has 2 heterocycles. The lowest BCUT2D eigenvalue weighted by molar-refractivity contribution is -0.120. The lowest BCUT2D eigenvalue weighted by Crippen LogP contribution is -2.24. The molecule has 4 nitrogen and oxygen atoms in total. The Morgan fingerprint density at radius 2 is 1.95 bits per heavy atom. The molecule has 0 saturated heterocycles. The fourth-order valence-corrected chi connectivity index (χ4v) is 2.40. The number of nitrogens with one attached hydrogen (secondary N) is 1. The molecule has 0 aliphatic rings. The molecule has 0 fully saturated rings. The molecule has 0 atom stereocenters. The highest BCUT2D eigenvalue weighted by atomic mass is 35.5. The quantitative estimate of drug-likeness (QED) is 0.804. The summed E-state index contributed by atoms with van der Waals surface area (Å²) in [4.78, 5) is 16.4. The van der Waals surface area contributed by atoms with Crippen molar-refractivity contribution in [2.24, 2.45) is 0 Å². The summed E-state index contributed by atoms with van der Waals surface area (Å²) in [5, 5.41) is 3.55. The van der Waals surface area contributed by atoms with Gasteiger partial charge in [-0.2, -0.15) is 0 Å². The molecule has 0 bridgehead atoms. The number of hydrogen-bond donors (Lipinski definition) is 1. The van der Waals surface area contributed by atoms with Crippen LogP contribution in [0.1, 0.15) is 16.8 Å². The van der Waals surface area contributed by atoms with E-state index in [1.54, 1.807) is 12.3 Å². The van der Waals surface area contributed by atoms with E-state index in [-0.39, 0.29) is 12.3 Å². The summed E-state index contributed by atoms with van der Waals surface area (Å²) in [6, 6.07) is 11.7. The van der Waals surface area contributed by atoms with Gasteiger partial charge in [-0.15, -0.1) is 0 Å². The average molecular weight is 314 g/mol. The van der Waals surface area contributed by atoms with E-state index in [9.17, 15) is 4.79 Å². The number of amides is 1. The predicted octanol–water partition coefficient (Wildman–Crippen LogP) is 3.16. The third-order valence-corrected chi connectivity index (χ3v) is 3.64. The van der Waals surface area contributed by atoms with Gasteiger partial charge in [0.2, 0.25) is 5.91 Å². The number of aromatic nitrogens is 2. The standard InChI is InChI=1S/C17H16ClN3O/c1-12-2-4-13(5-3-12)9-19-17(22)8-15-11-21-10-14(18)6-7-16(21)20-15/h2-7,10-11H,8-9H2,1H3,(H,19,22). The monoisotopic (exact) mass is 313 g/mol. The molecular weight excluding hydrogens is 298 g/mol. The number of carbonyl (C=O) groups excluding carboxylic acids is 1. The van der Waals surface area contributed by atoms with Crippen LogP contribution in [0.2, 0.25) is 5.02 Å². The van der Waals surface area contributed by atoms with Crippen LogP contribution in [0.25, 0.3) is 5.65 Å². The topological polar surface area (TPSA) is 46.4 Å². The van der Waals surface area contributed by atoms with Crippen LogP contribution in [0.5, 0.6) is 0 Å². The van der Waals surface area contributed by atoms with E-state index in [0.29, 0.717) is 11.6 Å². The summed E-state index contributed by atoms with van der Waals surface area (Å²) in [7, 11) is 0. The second-order valence-corrected chi connectivity index (χ2v) is 5.72. The Morgan fingerprint density at radius 1 is 1.18 bits per heavy atom. The molecule has 0 aliphatic carbocycles. The molecule has 2 aromatic heterocycles. The van der Waals surface area contributed by atoms with Crippen LogP contribution in [-0.4, -0.2) is 15.3 Å². The molecule has 0 saturated carbocycles. The van der Waals surface area contributed by atoms with Crippen LogP contribution < -0.4 is 5.32 Å². The number of hydrogen-bond acceptors (Lipinski definition) is 2. The average Bonchev–Trinajstić information content (AvgIpc) is 2.88. The second-order valence-electron chi connectivity index (χ2n) is 5.28. The van der Waals surface area contributed by atoms with E-state index in [0.717, 1.165) is 16.9 Å². The fraction of sp³-hybridized carbons (Fsp3) is 0.176. The number of nitrogens with zero attached hydrogens (tertiary/aromatic N) is 2. The molecule has 3 aromatic rings. The van der Waals surface area contributed by atoms with Crippen molar-refractivity contribution in [2.75, 3.05) is 0 Å². The minimum absolute atomic E-state index is 0.0462. The molecule has 0 spiro atoms. The minimum Gasteiger partial charge on any atom is -0.352 e. The summed E-state index contributed by atoms with van der Waals surface area (Å²) in [6.07, 6.45) is 3.86. The van der Waals surface area contributed by atoms with E-state index in [1.165, 1.54) is 5.56 Å². The van der Waals surface area contributed by atoms with Gasteiger partial charge in [0.25, 0.3) is 0 Å². The maximum Gasteiger partial charge on any atom is 0.226 e. The number of halogens is 1. The third-order valence-electron chi connectivity index (χ3n) is 3.42. The zero-order valence-corrected chi connectivity index (χ0v) is 13.0. The zero-order valence-electron chi connectivity index (χ0n) is 12.2. The molecule has 1 aromatic carbocycles. The van der Waals surface area contributed by atoms with Crippen LogP contribution in [0.15, 0.2) is 48.8 Å². The Kier molecular flexibility index (Phi) is 4.11. The Labute approximate surface area is 133 Å². The van der Waals surface area contributed by atoms with Gasteiger partial charge in [0, 0.05) is 18.9 Å². The normalized spacial score (nSPS) is 10.8. The number of carbonyl (C=O) groups is 1. The van der Waals surface area contributed by atoms with Gasteiger partial charge in [0.1, 0.15) is 5.65 Å². The van der Waals surface area contributed by atoms with E-state index in [2.05, 4.69) is 10.3 Å². The van der Waals surface area contributed by atoms with Crippen LogP contribution in [0.3, 0.4) is 0 Å². The van der Waals surface area contributed by atoms with Gasteiger partial charge in [-0.3, -0.25) is 4.79 Å². The lowest BCUT2D eigenvalue weighted by atomic mass is 10.1. The first-order valence-corrected chi connectivity index (χ1v) is 7.43. The van der Waals surface area contributed by atoms with E-state index < -0.39 is 0 Å². The van der Waals surface area contributed by atoms with Crippen molar-refractivity contribution in [3.63, 3.8) is 0 Å². The van der Waals surface area contributed by atoms with Crippen molar-refractivity contribution in [1.29, 1.82) is 0 Å². The minimum atomic E-state index is -0.0462. The number of pyridine rings is 1. The molecule has 112 valence electrons. The highest BCUT2D eigenvalue weighted by Gasteiger charge is 2.07. The van der Waals surface area contributed by atoms with Crippen molar-refractivity contribution in [1.82, 2.24) is 14.7 Å². The van der Waals surface area contributed by atoms with Gasteiger partial charge in [-0.25, -0.2) is 4.98 Å². The van der Waals surface area contributed by atoms with E-state index >= 15 is 0 Å². The van der Waals surface area contributed by atoms with Crippen molar-refractivity contribution in [3.8, 4) is 0 Å². The second kappa shape index (κ2) is 6.20. The summed E-state index contributed by atoms with van der Waals surface area (Å²) in [5.41, 5.74) is 3.80. The van der Waals surface area contributed by atoms with Crippen LogP contribution in [0.4, 0.5) is 0 Å². The Bertz CT molecular complexity index is 808. The van der Waals surface area contributed by atoms with Crippen molar-refractivity contribution in [3.05, 3.63) is 70.6 Å². The lowest BCUT2D eigenvalue weighted by Gasteiger charge is -2.04. The molecule has 3 rings (SSSR count). The van der Waals surface area contributed by atoms with Crippen LogP contribution in [0, 0.1) is 6.92 Å². The van der Waals surface area contributed by atoms with Gasteiger partial charge in [-0.05, 0) is 24.6 Å². The molecule has 0 radical (unpaired) electrons. The van der Waals surface area contributed by atoms with E-state index in [4.69, 9.17) is 11.6 Å². The van der Waals surface area contributed by atoms with Gasteiger partial charge < -0.3 is 9.72 Å². The molecule has 1 amide bonds. The molecule has 5 heteroatoms. The Hall–Kier alpha value is -2.33. The molecule has 0 aliphatic heterocycles. The SMILES string of the molecule is Cc1ccc(CNC(=O)Cc2cn3cc(Cl)ccc3n2)cc1. The third kappa shape index (κ3) is 3.46. The summed E-state index contributed by atoms with van der Waals surface area (Å²) < 4.78 is 1.82. The zero-order chi connectivity index (χ0) is 15.5. The number of imidazole rings is 1. The first kappa shape index (κ1) is 14.6. The summed E-state index contributed by atoms with van der Waals surface area (Å²) in [5.74, 6) is -0.0462. The van der Waals surface area contributed by atoms with Gasteiger partial charge in [0.05, 0.1) is 17.1 Å². The highest BCUT2D eigenvalue weighted by Crippen LogP contribution is 2.12. The molecule has 22 heavy (non-hydrogen) atoms. The van der Waals surface area contributed by atoms with Crippen molar-refractivity contribution >= 4 is 23.2 Å². The molecular formula is C17H16ClN3O. The maximum absolute atomic E-state index is 12.0. The van der Waals surface area contributed by atoms with Gasteiger partial charge in [-0.1, -0.05) is 41.4 Å². The summed E-state index contributed by atoms with van der Waals surface area (Å²) >= 11 is 5.93. The number of aryl methyl sites for hydroxylation is 1. The number of fused-ring (bicyclic) bond motifs is 1. The van der Waals surface area contributed by atoms with Crippen LogP contribution >= 0.6 is 11.6 Å². The van der Waals surface area contributed by atoms with Gasteiger partial charge >= 0.3 is 0 Å². The van der Waals surface area contributed by atoms with Gasteiger partial charge in [0.15, 0.2) is 0 Å². The Morgan fingerprint density at radius 3 is 2.73 bits per heavy atom. The maximum atomic E-state index is 12.0. The smallest absolute Gasteiger partial charge is 0.226 e. The van der Waals surface area contributed by atoms with E-state index in [1.807, 2.05) is 47.9 Å². The van der Waals surface area contributed by atoms with Crippen molar-refractivity contribution < 1.29 is 4.79 Å². The number of benzene rings is 1. The molecule has 0 unspecified atom stereocenters. The fourth-order valence-electron chi connectivity index (χ4n) is 2.24. The molecule has 1 N–H and O–H groups in total. The first-order chi connectivity index (χ1) is 10.6. The Balaban J connectivity index is 1.61. The first-order valence-electron chi connectivity index (χ1n) is 7.05. The number of rotatable bonds is 4.